The van der Waals surface area contributed by atoms with Gasteiger partial charge in [-0.05, 0) is 48.1 Å². The van der Waals surface area contributed by atoms with Crippen LogP contribution in [0.15, 0.2) is 66.7 Å². The molecule has 0 N–H and O–H groups in total. The highest BCUT2D eigenvalue weighted by Crippen LogP contribution is 2.26. The molecule has 0 aromatic heterocycles. The molecule has 116 valence electrons. The number of hydrogen-bond donors (Lipinski definition) is 0. The van der Waals surface area contributed by atoms with Crippen molar-refractivity contribution in [3.8, 4) is 22.3 Å². The third-order valence-corrected chi connectivity index (χ3v) is 4.27. The van der Waals surface area contributed by atoms with Gasteiger partial charge < -0.3 is 0 Å². The Balaban J connectivity index is 1.86. The molecule has 0 bridgehead atoms. The number of hydrogen-bond acceptors (Lipinski definition) is 0. The van der Waals surface area contributed by atoms with E-state index in [-0.39, 0.29) is 0 Å². The van der Waals surface area contributed by atoms with E-state index in [0.29, 0.717) is 0 Å². The maximum absolute atomic E-state index is 2.25. The van der Waals surface area contributed by atoms with Gasteiger partial charge in [0, 0.05) is 0 Å². The fraction of sp³-hybridized carbons (Fsp3) is 0.217. The lowest BCUT2D eigenvalue weighted by atomic mass is 9.97. The van der Waals surface area contributed by atoms with Crippen LogP contribution in [0.4, 0.5) is 0 Å². The van der Waals surface area contributed by atoms with Crippen LogP contribution in [0.1, 0.15) is 30.0 Å². The lowest BCUT2D eigenvalue weighted by Crippen LogP contribution is -1.85. The molecule has 0 aliphatic heterocycles. The zero-order valence-corrected chi connectivity index (χ0v) is 14.3. The minimum atomic E-state index is 1.16. The molecule has 0 atom stereocenters. The first-order valence-corrected chi connectivity index (χ1v) is 8.44. The molecule has 0 aliphatic rings. The van der Waals surface area contributed by atoms with E-state index in [1.807, 2.05) is 0 Å². The summed E-state index contributed by atoms with van der Waals surface area (Å²) >= 11 is 0. The molecule has 0 aliphatic carbocycles. The van der Waals surface area contributed by atoms with Crippen LogP contribution in [-0.2, 0) is 6.42 Å². The Kier molecular flexibility index (Phi) is 4.62. The summed E-state index contributed by atoms with van der Waals surface area (Å²) < 4.78 is 0. The Morgan fingerprint density at radius 2 is 1.00 bits per heavy atom. The summed E-state index contributed by atoms with van der Waals surface area (Å²) in [6.45, 7) is 6.53. The fourth-order valence-electron chi connectivity index (χ4n) is 3.15. The second-order valence-electron chi connectivity index (χ2n) is 6.40. The summed E-state index contributed by atoms with van der Waals surface area (Å²) in [6, 6.07) is 24.6. The standard InChI is InChI=1S/C23H24/c1-4-5-19-6-8-20(9-7-19)21-10-12-22(13-11-21)23-15-17(2)14-18(3)16-23/h6-16H,4-5H2,1-3H3. The predicted octanol–water partition coefficient (Wildman–Crippen LogP) is 6.59. The van der Waals surface area contributed by atoms with Crippen molar-refractivity contribution in [1.82, 2.24) is 0 Å². The third-order valence-electron chi connectivity index (χ3n) is 4.27. The highest BCUT2D eigenvalue weighted by molar-refractivity contribution is 5.71. The van der Waals surface area contributed by atoms with Gasteiger partial charge >= 0.3 is 0 Å². The molecule has 0 radical (unpaired) electrons. The lowest BCUT2D eigenvalue weighted by Gasteiger charge is -2.08. The predicted molar refractivity (Wildman–Crippen MR) is 101 cm³/mol. The van der Waals surface area contributed by atoms with Crippen LogP contribution in [0.5, 0.6) is 0 Å². The zero-order valence-electron chi connectivity index (χ0n) is 14.3. The first kappa shape index (κ1) is 15.6. The molecule has 0 saturated heterocycles. The van der Waals surface area contributed by atoms with Gasteiger partial charge in [-0.15, -0.1) is 0 Å². The van der Waals surface area contributed by atoms with Crippen molar-refractivity contribution in [2.45, 2.75) is 33.6 Å². The Labute approximate surface area is 139 Å². The Hall–Kier alpha value is -2.34. The largest absolute Gasteiger partial charge is 0.0651 e. The molecule has 3 aromatic rings. The fourth-order valence-corrected chi connectivity index (χ4v) is 3.15. The second kappa shape index (κ2) is 6.83. The van der Waals surface area contributed by atoms with Gasteiger partial charge in [0.05, 0.1) is 0 Å². The second-order valence-corrected chi connectivity index (χ2v) is 6.40. The molecule has 3 rings (SSSR count). The molecule has 0 heteroatoms. The molecule has 0 spiro atoms. The van der Waals surface area contributed by atoms with Gasteiger partial charge in [-0.2, -0.15) is 0 Å². The van der Waals surface area contributed by atoms with E-state index in [1.165, 1.54) is 45.4 Å². The summed E-state index contributed by atoms with van der Waals surface area (Å²) in [7, 11) is 0. The van der Waals surface area contributed by atoms with Crippen LogP contribution >= 0.6 is 0 Å². The summed E-state index contributed by atoms with van der Waals surface area (Å²) in [5, 5.41) is 0. The summed E-state index contributed by atoms with van der Waals surface area (Å²) in [5.74, 6) is 0. The van der Waals surface area contributed by atoms with Gasteiger partial charge in [-0.3, -0.25) is 0 Å². The Morgan fingerprint density at radius 3 is 1.48 bits per heavy atom. The molecule has 0 unspecified atom stereocenters. The van der Waals surface area contributed by atoms with Crippen molar-refractivity contribution in [3.05, 3.63) is 83.4 Å². The van der Waals surface area contributed by atoms with E-state index in [0.717, 1.165) is 6.42 Å². The smallest absolute Gasteiger partial charge is 0.0179 e. The Morgan fingerprint density at radius 1 is 0.565 bits per heavy atom. The number of benzene rings is 3. The van der Waals surface area contributed by atoms with Crippen LogP contribution in [0.25, 0.3) is 22.3 Å². The molecule has 0 fully saturated rings. The van der Waals surface area contributed by atoms with Gasteiger partial charge in [0.1, 0.15) is 0 Å². The quantitative estimate of drug-likeness (QED) is 0.510. The average Bonchev–Trinajstić information content (AvgIpc) is 2.55. The monoisotopic (exact) mass is 300 g/mol. The van der Waals surface area contributed by atoms with E-state index in [9.17, 15) is 0 Å². The van der Waals surface area contributed by atoms with Gasteiger partial charge in [-0.1, -0.05) is 91.2 Å². The molecule has 0 heterocycles. The topological polar surface area (TPSA) is 0 Å². The molecule has 3 aromatic carbocycles. The van der Waals surface area contributed by atoms with Crippen molar-refractivity contribution in [3.63, 3.8) is 0 Å². The van der Waals surface area contributed by atoms with E-state index in [4.69, 9.17) is 0 Å². The molecule has 0 nitrogen and oxygen atoms in total. The zero-order chi connectivity index (χ0) is 16.2. The van der Waals surface area contributed by atoms with E-state index < -0.39 is 0 Å². The minimum Gasteiger partial charge on any atom is -0.0651 e. The van der Waals surface area contributed by atoms with Crippen molar-refractivity contribution in [2.75, 3.05) is 0 Å². The highest BCUT2D eigenvalue weighted by Gasteiger charge is 2.02. The van der Waals surface area contributed by atoms with Crippen LogP contribution in [-0.4, -0.2) is 0 Å². The van der Waals surface area contributed by atoms with Crippen molar-refractivity contribution in [1.29, 1.82) is 0 Å². The summed E-state index contributed by atoms with van der Waals surface area (Å²) in [6.07, 6.45) is 2.36. The number of rotatable bonds is 4. The van der Waals surface area contributed by atoms with Gasteiger partial charge in [0.2, 0.25) is 0 Å². The highest BCUT2D eigenvalue weighted by atomic mass is 14.1. The van der Waals surface area contributed by atoms with Gasteiger partial charge in [0.25, 0.3) is 0 Å². The van der Waals surface area contributed by atoms with Gasteiger partial charge in [-0.25, -0.2) is 0 Å². The van der Waals surface area contributed by atoms with Crippen molar-refractivity contribution in [2.24, 2.45) is 0 Å². The van der Waals surface area contributed by atoms with Crippen molar-refractivity contribution < 1.29 is 0 Å². The van der Waals surface area contributed by atoms with Crippen LogP contribution in [0, 0.1) is 13.8 Å². The average molecular weight is 300 g/mol. The third kappa shape index (κ3) is 3.71. The summed E-state index contributed by atoms with van der Waals surface area (Å²) in [4.78, 5) is 0. The van der Waals surface area contributed by atoms with Crippen LogP contribution in [0.3, 0.4) is 0 Å². The normalized spacial score (nSPS) is 10.7. The first-order chi connectivity index (χ1) is 11.2. The molecule has 0 amide bonds. The molecule has 0 saturated carbocycles. The minimum absolute atomic E-state index is 1.16. The van der Waals surface area contributed by atoms with Crippen molar-refractivity contribution >= 4 is 0 Å². The lowest BCUT2D eigenvalue weighted by molar-refractivity contribution is 0.922. The first-order valence-electron chi connectivity index (χ1n) is 8.44. The molecular formula is C23H24. The molecular weight excluding hydrogens is 276 g/mol. The van der Waals surface area contributed by atoms with E-state index >= 15 is 0 Å². The van der Waals surface area contributed by atoms with E-state index in [2.05, 4.69) is 87.5 Å². The van der Waals surface area contributed by atoms with Crippen LogP contribution in [0.2, 0.25) is 0 Å². The van der Waals surface area contributed by atoms with E-state index in [1.54, 1.807) is 0 Å². The SMILES string of the molecule is CCCc1ccc(-c2ccc(-c3cc(C)cc(C)c3)cc2)cc1. The number of aryl methyl sites for hydroxylation is 3. The van der Waals surface area contributed by atoms with Crippen LogP contribution < -0.4 is 0 Å². The summed E-state index contributed by atoms with van der Waals surface area (Å²) in [5.41, 5.74) is 9.20. The maximum Gasteiger partial charge on any atom is -0.0179 e. The van der Waals surface area contributed by atoms with Gasteiger partial charge in [0.15, 0.2) is 0 Å². The Bertz CT molecular complexity index is 757. The maximum atomic E-state index is 2.25. The molecule has 23 heavy (non-hydrogen) atoms.